The quantitative estimate of drug-likeness (QED) is 0.318. The molecule has 0 atom stereocenters. The zero-order valence-corrected chi connectivity index (χ0v) is 7.57. The minimum Gasteiger partial charge on any atom is -0.418 e. The Morgan fingerprint density at radius 1 is 0.556 bits per heavy atom. The van der Waals surface area contributed by atoms with E-state index >= 15 is 0 Å². The standard InChI is InChI=1S/3BF4.HNO2/c3*2-1(3,4)5;2-1-3/h;;;(H,2,3)/q3*-1;. The van der Waals surface area contributed by atoms with Gasteiger partial charge in [0.05, 0.1) is 0 Å². The van der Waals surface area contributed by atoms with Gasteiger partial charge in [-0.25, -0.2) is 0 Å². The molecule has 0 saturated heterocycles. The van der Waals surface area contributed by atoms with Gasteiger partial charge in [0, 0.05) is 0 Å². The van der Waals surface area contributed by atoms with Crippen LogP contribution in [0.15, 0.2) is 5.34 Å². The molecule has 0 aromatic carbocycles. The van der Waals surface area contributed by atoms with Gasteiger partial charge in [-0.3, -0.25) is 0 Å². The van der Waals surface area contributed by atoms with E-state index in [0.717, 1.165) is 0 Å². The summed E-state index contributed by atoms with van der Waals surface area (Å²) in [6.45, 7) is 0. The second-order valence-electron chi connectivity index (χ2n) is 1.57. The monoisotopic (exact) mass is 308 g/mol. The average Bonchev–Trinajstić information content (AvgIpc) is 1.71. The summed E-state index contributed by atoms with van der Waals surface area (Å²) in [6, 6.07) is 0. The zero-order valence-electron chi connectivity index (χ0n) is 7.57. The third kappa shape index (κ3) is 1800. The van der Waals surface area contributed by atoms with Crippen molar-refractivity contribution in [2.75, 3.05) is 0 Å². The van der Waals surface area contributed by atoms with E-state index in [1.54, 1.807) is 0 Å². The molecule has 0 bridgehead atoms. The van der Waals surface area contributed by atoms with Gasteiger partial charge in [0.2, 0.25) is 0 Å². The van der Waals surface area contributed by atoms with Crippen molar-refractivity contribution in [2.45, 2.75) is 0 Å². The SMILES string of the molecule is F[B-](F)(F)F.F[B-](F)(F)F.F[B-](F)(F)F.O=NO. The molecule has 0 aromatic heterocycles. The summed E-state index contributed by atoms with van der Waals surface area (Å²) in [5.41, 5.74) is 0. The molecule has 1 N–H and O–H groups in total. The minimum absolute atomic E-state index is 1.25. The van der Waals surface area contributed by atoms with Crippen LogP contribution in [0, 0.1) is 4.91 Å². The van der Waals surface area contributed by atoms with E-state index in [2.05, 4.69) is 0 Å². The minimum atomic E-state index is -6.00. The highest BCUT2D eigenvalue weighted by Crippen LogP contribution is 2.07. The first kappa shape index (κ1) is 25.6. The number of halogens is 12. The van der Waals surface area contributed by atoms with Crippen LogP contribution in [-0.2, 0) is 0 Å². The maximum Gasteiger partial charge on any atom is 0.673 e. The van der Waals surface area contributed by atoms with Crippen molar-refractivity contribution in [1.82, 2.24) is 0 Å². The second-order valence-corrected chi connectivity index (χ2v) is 1.57. The smallest absolute Gasteiger partial charge is 0.418 e. The highest BCUT2D eigenvalue weighted by molar-refractivity contribution is 6.50. The molecular formula is HB3F12NO2-3. The van der Waals surface area contributed by atoms with E-state index in [-0.39, 0.29) is 0 Å². The van der Waals surface area contributed by atoms with Crippen LogP contribution in [0.3, 0.4) is 0 Å². The van der Waals surface area contributed by atoms with Crippen molar-refractivity contribution in [1.29, 1.82) is 0 Å². The molecule has 3 nitrogen and oxygen atoms in total. The normalized spacial score (nSPS) is 10.7. The van der Waals surface area contributed by atoms with E-state index in [4.69, 9.17) is 10.1 Å². The first-order chi connectivity index (χ1) is 7.41. The van der Waals surface area contributed by atoms with Gasteiger partial charge < -0.3 is 57.0 Å². The molecule has 18 heteroatoms. The molecule has 0 aliphatic heterocycles. The molecule has 0 aliphatic rings. The van der Waals surface area contributed by atoms with Crippen LogP contribution in [0.4, 0.5) is 51.8 Å². The summed E-state index contributed by atoms with van der Waals surface area (Å²) >= 11 is 0. The number of rotatable bonds is 0. The van der Waals surface area contributed by atoms with Gasteiger partial charge in [-0.2, -0.15) is 0 Å². The lowest BCUT2D eigenvalue weighted by atomic mass is 10.3. The Labute approximate surface area is 90.4 Å². The molecule has 0 amide bonds. The lowest BCUT2D eigenvalue weighted by Gasteiger charge is -1.94. The van der Waals surface area contributed by atoms with Crippen molar-refractivity contribution in [3.8, 4) is 0 Å². The van der Waals surface area contributed by atoms with E-state index in [9.17, 15) is 51.8 Å². The van der Waals surface area contributed by atoms with Gasteiger partial charge in [-0.05, 0) is 0 Å². The molecule has 0 aliphatic carbocycles. The molecule has 0 spiro atoms. The van der Waals surface area contributed by atoms with E-state index in [0.29, 0.717) is 0 Å². The Morgan fingerprint density at radius 3 is 0.556 bits per heavy atom. The van der Waals surface area contributed by atoms with Crippen molar-refractivity contribution >= 4 is 21.8 Å². The van der Waals surface area contributed by atoms with Crippen LogP contribution in [-0.4, -0.2) is 27.0 Å². The van der Waals surface area contributed by atoms with Crippen LogP contribution < -0.4 is 0 Å². The van der Waals surface area contributed by atoms with E-state index in [1.807, 2.05) is 0 Å². The molecule has 0 saturated carbocycles. The summed E-state index contributed by atoms with van der Waals surface area (Å²) in [4.78, 5) is 8.11. The maximum atomic E-state index is 9.75. The third-order valence-corrected chi connectivity index (χ3v) is 0. The lowest BCUT2D eigenvalue weighted by molar-refractivity contribution is 0.312. The fraction of sp³-hybridized carbons (Fsp3) is 0. The van der Waals surface area contributed by atoms with Gasteiger partial charge >= 0.3 is 21.8 Å². The molecule has 0 unspecified atom stereocenters. The first-order valence-corrected chi connectivity index (χ1v) is 3.00. The van der Waals surface area contributed by atoms with Crippen LogP contribution in [0.2, 0.25) is 0 Å². The Bertz CT molecular complexity index is 133. The first-order valence-electron chi connectivity index (χ1n) is 3.00. The van der Waals surface area contributed by atoms with Gasteiger partial charge in [0.15, 0.2) is 5.34 Å². The molecule has 0 radical (unpaired) electrons. The van der Waals surface area contributed by atoms with Gasteiger partial charge in [-0.15, -0.1) is 4.91 Å². The fourth-order valence-electron chi connectivity index (χ4n) is 0. The Morgan fingerprint density at radius 2 is 0.556 bits per heavy atom. The van der Waals surface area contributed by atoms with Crippen molar-refractivity contribution in [3.05, 3.63) is 4.91 Å². The summed E-state index contributed by atoms with van der Waals surface area (Å²) in [5, 5.41) is 7.89. The largest absolute Gasteiger partial charge is 0.673 e. The second kappa shape index (κ2) is 10.9. The van der Waals surface area contributed by atoms with E-state index < -0.39 is 21.8 Å². The summed E-state index contributed by atoms with van der Waals surface area (Å²) < 4.78 is 117. The summed E-state index contributed by atoms with van der Waals surface area (Å²) in [6.07, 6.45) is 0. The highest BCUT2D eigenvalue weighted by Gasteiger charge is 2.21. The molecule has 0 fully saturated rings. The molecule has 18 heavy (non-hydrogen) atoms. The fourth-order valence-corrected chi connectivity index (χ4v) is 0. The van der Waals surface area contributed by atoms with Crippen LogP contribution >= 0.6 is 0 Å². The van der Waals surface area contributed by atoms with Gasteiger partial charge in [-0.1, -0.05) is 0 Å². The number of hydrogen-bond acceptors (Lipinski definition) is 2. The molecule has 0 rings (SSSR count). The summed E-state index contributed by atoms with van der Waals surface area (Å²) in [7, 11) is -18.0. The Kier molecular flexibility index (Phi) is 15.5. The predicted molar refractivity (Wildman–Crippen MR) is 38.1 cm³/mol. The Hall–Kier alpha value is -1.25. The average molecular weight is 307 g/mol. The van der Waals surface area contributed by atoms with Crippen molar-refractivity contribution < 1.29 is 57.0 Å². The third-order valence-electron chi connectivity index (χ3n) is 0. The van der Waals surface area contributed by atoms with Crippen LogP contribution in [0.25, 0.3) is 0 Å². The highest BCUT2D eigenvalue weighted by atomic mass is 19.5. The Balaban J connectivity index is -0.0000000739. The van der Waals surface area contributed by atoms with Crippen LogP contribution in [0.5, 0.6) is 0 Å². The van der Waals surface area contributed by atoms with Gasteiger partial charge in [0.1, 0.15) is 0 Å². The van der Waals surface area contributed by atoms with Crippen LogP contribution in [0.1, 0.15) is 0 Å². The molecular weight excluding hydrogens is 306 g/mol. The van der Waals surface area contributed by atoms with Crippen molar-refractivity contribution in [3.63, 3.8) is 0 Å². The topological polar surface area (TPSA) is 49.7 Å². The molecule has 0 heterocycles. The summed E-state index contributed by atoms with van der Waals surface area (Å²) in [5.74, 6) is 0. The number of hydrogen-bond donors (Lipinski definition) is 1. The molecule has 114 valence electrons. The van der Waals surface area contributed by atoms with E-state index in [1.165, 1.54) is 5.34 Å². The van der Waals surface area contributed by atoms with Gasteiger partial charge in [0.25, 0.3) is 0 Å². The lowest BCUT2D eigenvalue weighted by Crippen LogP contribution is -2.02. The predicted octanol–water partition coefficient (Wildman–Crippen LogP) is 4.04. The van der Waals surface area contributed by atoms with Crippen molar-refractivity contribution in [2.24, 2.45) is 5.34 Å². The zero-order chi connectivity index (χ0) is 16.2. The maximum absolute atomic E-state index is 9.75. The number of nitrogens with zero attached hydrogens (tertiary/aromatic N) is 1. The molecule has 0 aromatic rings.